The number of nitrogens with zero attached hydrogens (tertiary/aromatic N) is 4. The lowest BCUT2D eigenvalue weighted by molar-refractivity contribution is 0.0506. The smallest absolute Gasteiger partial charge is 0.276 e. The van der Waals surface area contributed by atoms with Crippen LogP contribution in [0.5, 0.6) is 0 Å². The molecular formula is C9H15N5O. The molecule has 6 heteroatoms. The highest BCUT2D eigenvalue weighted by atomic mass is 16.2. The number of amides is 1. The van der Waals surface area contributed by atoms with Crippen LogP contribution in [-0.4, -0.2) is 60.2 Å². The van der Waals surface area contributed by atoms with Crippen molar-refractivity contribution in [3.8, 4) is 0 Å². The number of hydrogen-bond donors (Lipinski definition) is 1. The second kappa shape index (κ2) is 3.23. The Morgan fingerprint density at radius 1 is 1.40 bits per heavy atom. The number of H-pyrrole nitrogens is 1. The van der Waals surface area contributed by atoms with Gasteiger partial charge in [0.25, 0.3) is 5.91 Å². The van der Waals surface area contributed by atoms with Gasteiger partial charge in [-0.2, -0.15) is 0 Å². The van der Waals surface area contributed by atoms with E-state index >= 15 is 0 Å². The van der Waals surface area contributed by atoms with Crippen molar-refractivity contribution in [1.29, 1.82) is 0 Å². The van der Waals surface area contributed by atoms with Crippen molar-refractivity contribution in [1.82, 2.24) is 19.8 Å². The maximum absolute atomic E-state index is 11.9. The number of aromatic amines is 1. The first kappa shape index (κ1) is 9.97. The molecule has 0 fully saturated rings. The number of anilines is 1. The van der Waals surface area contributed by atoms with Crippen LogP contribution in [0.15, 0.2) is 6.33 Å². The summed E-state index contributed by atoms with van der Waals surface area (Å²) in [6.07, 6.45) is 1.46. The Bertz CT molecular complexity index is 386. The molecule has 0 saturated heterocycles. The van der Waals surface area contributed by atoms with E-state index in [-0.39, 0.29) is 12.2 Å². The Morgan fingerprint density at radius 3 is 2.67 bits per heavy atom. The van der Waals surface area contributed by atoms with Crippen molar-refractivity contribution in [2.24, 2.45) is 0 Å². The maximum Gasteiger partial charge on any atom is 0.276 e. The van der Waals surface area contributed by atoms with Gasteiger partial charge in [0.1, 0.15) is 5.69 Å². The SMILES string of the molecule is CN(C)C1N(C)C(=O)c2[nH]cnc2N1C. The lowest BCUT2D eigenvalue weighted by Crippen LogP contribution is -2.58. The summed E-state index contributed by atoms with van der Waals surface area (Å²) in [6.45, 7) is 0. The van der Waals surface area contributed by atoms with E-state index < -0.39 is 0 Å². The van der Waals surface area contributed by atoms with E-state index in [1.165, 1.54) is 0 Å². The van der Waals surface area contributed by atoms with Crippen LogP contribution in [0.25, 0.3) is 0 Å². The quantitative estimate of drug-likeness (QED) is 0.694. The highest BCUT2D eigenvalue weighted by molar-refractivity contribution is 5.98. The van der Waals surface area contributed by atoms with Gasteiger partial charge in [0.2, 0.25) is 0 Å². The number of fused-ring (bicyclic) bond motifs is 1. The van der Waals surface area contributed by atoms with Crippen molar-refractivity contribution >= 4 is 11.7 Å². The number of carbonyl (C=O) groups is 1. The first-order chi connectivity index (χ1) is 7.04. The molecule has 15 heavy (non-hydrogen) atoms. The average Bonchev–Trinajstić information content (AvgIpc) is 2.62. The third kappa shape index (κ3) is 1.29. The van der Waals surface area contributed by atoms with E-state index in [4.69, 9.17) is 0 Å². The van der Waals surface area contributed by atoms with Crippen molar-refractivity contribution < 1.29 is 4.79 Å². The molecule has 1 atom stereocenters. The summed E-state index contributed by atoms with van der Waals surface area (Å²) in [4.78, 5) is 24.6. The lowest BCUT2D eigenvalue weighted by atomic mass is 10.3. The molecule has 1 aliphatic heterocycles. The minimum atomic E-state index is -0.0895. The van der Waals surface area contributed by atoms with Crippen LogP contribution in [0.1, 0.15) is 10.5 Å². The van der Waals surface area contributed by atoms with Crippen LogP contribution in [0.4, 0.5) is 5.82 Å². The molecule has 6 nitrogen and oxygen atoms in total. The summed E-state index contributed by atoms with van der Waals surface area (Å²) in [5, 5.41) is 0. The molecule has 0 bridgehead atoms. The Labute approximate surface area is 88.5 Å². The maximum atomic E-state index is 11.9. The van der Waals surface area contributed by atoms with Gasteiger partial charge in [-0.15, -0.1) is 0 Å². The summed E-state index contributed by atoms with van der Waals surface area (Å²) in [5.41, 5.74) is 0.554. The van der Waals surface area contributed by atoms with Crippen molar-refractivity contribution in [2.45, 2.75) is 6.29 Å². The Kier molecular flexibility index (Phi) is 2.15. The predicted octanol–water partition coefficient (Wildman–Crippen LogP) is -0.223. The molecule has 1 N–H and O–H groups in total. The second-order valence-corrected chi connectivity index (χ2v) is 3.94. The van der Waals surface area contributed by atoms with E-state index in [1.54, 1.807) is 18.3 Å². The van der Waals surface area contributed by atoms with Crippen LogP contribution < -0.4 is 4.90 Å². The molecule has 0 aromatic carbocycles. The van der Waals surface area contributed by atoms with Crippen molar-refractivity contribution in [3.05, 3.63) is 12.0 Å². The van der Waals surface area contributed by atoms with Gasteiger partial charge >= 0.3 is 0 Å². The molecule has 1 aromatic heterocycles. The van der Waals surface area contributed by atoms with Crippen molar-refractivity contribution in [3.63, 3.8) is 0 Å². The highest BCUT2D eigenvalue weighted by Crippen LogP contribution is 2.26. The first-order valence-corrected chi connectivity index (χ1v) is 4.74. The molecule has 0 saturated carbocycles. The molecule has 1 unspecified atom stereocenters. The summed E-state index contributed by atoms with van der Waals surface area (Å²) in [5.74, 6) is 0.677. The highest BCUT2D eigenvalue weighted by Gasteiger charge is 2.36. The molecule has 2 heterocycles. The van der Waals surface area contributed by atoms with E-state index in [1.807, 2.05) is 30.9 Å². The number of carbonyl (C=O) groups excluding carboxylic acids is 1. The van der Waals surface area contributed by atoms with Crippen LogP contribution in [0.2, 0.25) is 0 Å². The predicted molar refractivity (Wildman–Crippen MR) is 56.6 cm³/mol. The van der Waals surface area contributed by atoms with E-state index in [0.717, 1.165) is 0 Å². The third-order valence-electron chi connectivity index (χ3n) is 2.64. The molecular weight excluding hydrogens is 194 g/mol. The first-order valence-electron chi connectivity index (χ1n) is 4.74. The van der Waals surface area contributed by atoms with Gasteiger partial charge in [0.15, 0.2) is 12.1 Å². The Morgan fingerprint density at radius 2 is 2.07 bits per heavy atom. The molecule has 0 spiro atoms. The van der Waals surface area contributed by atoms with Gasteiger partial charge in [-0.25, -0.2) is 4.98 Å². The number of rotatable bonds is 1. The number of nitrogens with one attached hydrogen (secondary N) is 1. The Balaban J connectivity index is 2.47. The summed E-state index contributed by atoms with van der Waals surface area (Å²) in [6, 6.07) is 0. The second-order valence-electron chi connectivity index (χ2n) is 3.94. The molecule has 1 amide bonds. The summed E-state index contributed by atoms with van der Waals surface area (Å²) in [7, 11) is 7.58. The molecule has 0 aliphatic carbocycles. The largest absolute Gasteiger partial charge is 0.339 e. The lowest BCUT2D eigenvalue weighted by Gasteiger charge is -2.42. The normalized spacial score (nSPS) is 21.1. The minimum absolute atomic E-state index is 0.0284. The zero-order valence-corrected chi connectivity index (χ0v) is 9.35. The average molecular weight is 209 g/mol. The van der Waals surface area contributed by atoms with Gasteiger partial charge in [-0.1, -0.05) is 0 Å². The standard InChI is InChI=1S/C9H15N5O/c1-12(2)9-13(3)7-6(10-5-11-7)8(15)14(9)4/h5,9H,1-4H3,(H,10,11). The fraction of sp³-hybridized carbons (Fsp3) is 0.556. The van der Waals surface area contributed by atoms with E-state index in [2.05, 4.69) is 9.97 Å². The monoisotopic (exact) mass is 209 g/mol. The summed E-state index contributed by atoms with van der Waals surface area (Å²) < 4.78 is 0. The zero-order chi connectivity index (χ0) is 11.2. The van der Waals surface area contributed by atoms with Crippen LogP contribution >= 0.6 is 0 Å². The van der Waals surface area contributed by atoms with Gasteiger partial charge < -0.3 is 14.8 Å². The van der Waals surface area contributed by atoms with Gasteiger partial charge in [-0.05, 0) is 14.1 Å². The zero-order valence-electron chi connectivity index (χ0n) is 9.35. The van der Waals surface area contributed by atoms with Crippen LogP contribution in [0, 0.1) is 0 Å². The topological polar surface area (TPSA) is 55.5 Å². The molecule has 1 aliphatic rings. The number of hydrogen-bond acceptors (Lipinski definition) is 4. The van der Waals surface area contributed by atoms with Gasteiger partial charge in [-0.3, -0.25) is 9.69 Å². The van der Waals surface area contributed by atoms with Crippen LogP contribution in [-0.2, 0) is 0 Å². The Hall–Kier alpha value is -1.56. The van der Waals surface area contributed by atoms with Crippen LogP contribution in [0.3, 0.4) is 0 Å². The molecule has 2 rings (SSSR count). The molecule has 0 radical (unpaired) electrons. The minimum Gasteiger partial charge on any atom is -0.339 e. The molecule has 82 valence electrons. The van der Waals surface area contributed by atoms with Gasteiger partial charge in [0, 0.05) is 14.1 Å². The number of aromatic nitrogens is 2. The van der Waals surface area contributed by atoms with Crippen molar-refractivity contribution in [2.75, 3.05) is 33.1 Å². The third-order valence-corrected chi connectivity index (χ3v) is 2.64. The fourth-order valence-corrected chi connectivity index (χ4v) is 2.06. The summed E-state index contributed by atoms with van der Waals surface area (Å²) >= 11 is 0. The number of imidazole rings is 1. The molecule has 1 aromatic rings. The van der Waals surface area contributed by atoms with Gasteiger partial charge in [0.05, 0.1) is 6.33 Å². The fourth-order valence-electron chi connectivity index (χ4n) is 2.06. The van der Waals surface area contributed by atoms with E-state index in [9.17, 15) is 4.79 Å². The van der Waals surface area contributed by atoms with E-state index in [0.29, 0.717) is 11.5 Å².